The summed E-state index contributed by atoms with van der Waals surface area (Å²) in [5.41, 5.74) is 8.17. The Hall–Kier alpha value is -2.04. The SMILES string of the molecule is CC1(C)CN(C(=O)COc2ccccc2-c2ccccc2)CCC1N.Cl. The molecule has 0 bridgehead atoms. The number of para-hydroxylation sites is 1. The second-order valence-corrected chi connectivity index (χ2v) is 7.35. The van der Waals surface area contributed by atoms with Gasteiger partial charge in [0.25, 0.3) is 5.91 Å². The first-order valence-corrected chi connectivity index (χ1v) is 8.78. The Labute approximate surface area is 161 Å². The molecule has 1 aliphatic heterocycles. The second kappa shape index (κ2) is 8.56. The van der Waals surface area contributed by atoms with E-state index >= 15 is 0 Å². The highest BCUT2D eigenvalue weighted by Crippen LogP contribution is 2.30. The Morgan fingerprint density at radius 3 is 2.50 bits per heavy atom. The van der Waals surface area contributed by atoms with Crippen molar-refractivity contribution in [1.82, 2.24) is 4.90 Å². The summed E-state index contributed by atoms with van der Waals surface area (Å²) in [6, 6.07) is 18.0. The molecule has 5 heteroatoms. The van der Waals surface area contributed by atoms with Crippen molar-refractivity contribution in [3.05, 3.63) is 54.6 Å². The number of nitrogens with zero attached hydrogens (tertiary/aromatic N) is 1. The third kappa shape index (κ3) is 4.57. The zero-order valence-corrected chi connectivity index (χ0v) is 16.2. The van der Waals surface area contributed by atoms with Crippen LogP contribution < -0.4 is 10.5 Å². The van der Waals surface area contributed by atoms with E-state index in [1.54, 1.807) is 0 Å². The molecule has 2 aromatic carbocycles. The molecule has 1 aliphatic rings. The van der Waals surface area contributed by atoms with E-state index in [0.717, 1.165) is 23.3 Å². The molecule has 3 rings (SSSR count). The lowest BCUT2D eigenvalue weighted by Gasteiger charge is -2.42. The number of piperidine rings is 1. The summed E-state index contributed by atoms with van der Waals surface area (Å²) in [6.45, 7) is 5.66. The van der Waals surface area contributed by atoms with Gasteiger partial charge < -0.3 is 15.4 Å². The second-order valence-electron chi connectivity index (χ2n) is 7.35. The minimum atomic E-state index is -0.0597. The van der Waals surface area contributed by atoms with Gasteiger partial charge in [0, 0.05) is 24.7 Å². The third-order valence-corrected chi connectivity index (χ3v) is 4.99. The van der Waals surface area contributed by atoms with E-state index in [1.165, 1.54) is 0 Å². The fraction of sp³-hybridized carbons (Fsp3) is 0.381. The van der Waals surface area contributed by atoms with Crippen LogP contribution in [0.3, 0.4) is 0 Å². The van der Waals surface area contributed by atoms with E-state index in [1.807, 2.05) is 59.5 Å². The van der Waals surface area contributed by atoms with Crippen LogP contribution in [0, 0.1) is 5.41 Å². The van der Waals surface area contributed by atoms with Crippen molar-refractivity contribution in [2.24, 2.45) is 11.1 Å². The Kier molecular flexibility index (Phi) is 6.68. The zero-order valence-electron chi connectivity index (χ0n) is 15.4. The van der Waals surface area contributed by atoms with Crippen molar-refractivity contribution < 1.29 is 9.53 Å². The highest BCUT2D eigenvalue weighted by Gasteiger charge is 2.35. The average molecular weight is 375 g/mol. The Morgan fingerprint density at radius 1 is 1.15 bits per heavy atom. The number of likely N-dealkylation sites (tertiary alicyclic amines) is 1. The molecule has 2 aromatic rings. The van der Waals surface area contributed by atoms with E-state index in [-0.39, 0.29) is 36.4 Å². The summed E-state index contributed by atoms with van der Waals surface area (Å²) < 4.78 is 5.88. The number of benzene rings is 2. The van der Waals surface area contributed by atoms with E-state index in [9.17, 15) is 4.79 Å². The standard InChI is InChI=1S/C21H26N2O2.ClH/c1-21(2)15-23(13-12-19(21)22)20(24)14-25-18-11-7-6-10-17(18)16-8-4-3-5-9-16;/h3-11,19H,12-15,22H2,1-2H3;1H. The largest absolute Gasteiger partial charge is 0.483 e. The molecule has 0 aliphatic carbocycles. The molecule has 26 heavy (non-hydrogen) atoms. The number of carbonyl (C=O) groups is 1. The predicted molar refractivity (Wildman–Crippen MR) is 108 cm³/mol. The molecule has 2 N–H and O–H groups in total. The molecule has 4 nitrogen and oxygen atoms in total. The molecule has 1 atom stereocenters. The lowest BCUT2D eigenvalue weighted by Crippen LogP contribution is -2.54. The molecule has 0 spiro atoms. The molecule has 1 amide bonds. The van der Waals surface area contributed by atoms with E-state index in [0.29, 0.717) is 13.1 Å². The smallest absolute Gasteiger partial charge is 0.260 e. The van der Waals surface area contributed by atoms with Crippen LogP contribution in [0.5, 0.6) is 5.75 Å². The van der Waals surface area contributed by atoms with Crippen molar-refractivity contribution in [3.8, 4) is 16.9 Å². The number of amides is 1. The van der Waals surface area contributed by atoms with Crippen molar-refractivity contribution in [2.45, 2.75) is 26.3 Å². The molecule has 0 saturated carbocycles. The van der Waals surface area contributed by atoms with Crippen molar-refractivity contribution in [1.29, 1.82) is 0 Å². The van der Waals surface area contributed by atoms with Crippen LogP contribution in [0.15, 0.2) is 54.6 Å². The number of halogens is 1. The highest BCUT2D eigenvalue weighted by atomic mass is 35.5. The van der Waals surface area contributed by atoms with Crippen molar-refractivity contribution >= 4 is 18.3 Å². The monoisotopic (exact) mass is 374 g/mol. The van der Waals surface area contributed by atoms with Gasteiger partial charge in [-0.1, -0.05) is 62.4 Å². The van der Waals surface area contributed by atoms with Gasteiger partial charge in [-0.05, 0) is 23.5 Å². The van der Waals surface area contributed by atoms with Gasteiger partial charge in [-0.25, -0.2) is 0 Å². The first-order valence-electron chi connectivity index (χ1n) is 8.78. The molecular weight excluding hydrogens is 348 g/mol. The van der Waals surface area contributed by atoms with Crippen LogP contribution in [0.25, 0.3) is 11.1 Å². The maximum atomic E-state index is 12.6. The minimum Gasteiger partial charge on any atom is -0.483 e. The fourth-order valence-electron chi connectivity index (χ4n) is 3.27. The molecule has 1 unspecified atom stereocenters. The molecule has 140 valence electrons. The van der Waals surface area contributed by atoms with Crippen LogP contribution in [0.2, 0.25) is 0 Å². The molecule has 0 aromatic heterocycles. The molecule has 1 saturated heterocycles. The van der Waals surface area contributed by atoms with Gasteiger partial charge in [0.1, 0.15) is 5.75 Å². The molecule has 1 fully saturated rings. The van der Waals surface area contributed by atoms with Gasteiger partial charge in [-0.2, -0.15) is 0 Å². The summed E-state index contributed by atoms with van der Waals surface area (Å²) >= 11 is 0. The summed E-state index contributed by atoms with van der Waals surface area (Å²) in [4.78, 5) is 14.4. The Bertz CT molecular complexity index is 734. The van der Waals surface area contributed by atoms with Crippen LogP contribution >= 0.6 is 12.4 Å². The molecular formula is C21H27ClN2O2. The summed E-state index contributed by atoms with van der Waals surface area (Å²) in [5.74, 6) is 0.748. The van der Waals surface area contributed by atoms with Crippen molar-refractivity contribution in [3.63, 3.8) is 0 Å². The number of hydrogen-bond donors (Lipinski definition) is 1. The van der Waals surface area contributed by atoms with Gasteiger partial charge in [0.05, 0.1) is 0 Å². The number of carbonyl (C=O) groups excluding carboxylic acids is 1. The van der Waals surface area contributed by atoms with E-state index in [4.69, 9.17) is 10.5 Å². The van der Waals surface area contributed by atoms with Gasteiger partial charge in [0.15, 0.2) is 6.61 Å². The van der Waals surface area contributed by atoms with Crippen LogP contribution in [0.1, 0.15) is 20.3 Å². The van der Waals surface area contributed by atoms with Gasteiger partial charge >= 0.3 is 0 Å². The number of hydrogen-bond acceptors (Lipinski definition) is 3. The Morgan fingerprint density at radius 2 is 1.81 bits per heavy atom. The van der Waals surface area contributed by atoms with Gasteiger partial charge in [-0.15, -0.1) is 12.4 Å². The summed E-state index contributed by atoms with van der Waals surface area (Å²) in [6.07, 6.45) is 0.833. The number of nitrogens with two attached hydrogens (primary N) is 1. The van der Waals surface area contributed by atoms with E-state index < -0.39 is 0 Å². The van der Waals surface area contributed by atoms with E-state index in [2.05, 4.69) is 13.8 Å². The number of ether oxygens (including phenoxy) is 1. The van der Waals surface area contributed by atoms with Crippen molar-refractivity contribution in [2.75, 3.05) is 19.7 Å². The highest BCUT2D eigenvalue weighted by molar-refractivity contribution is 5.85. The van der Waals surface area contributed by atoms with Crippen LogP contribution in [-0.4, -0.2) is 36.5 Å². The lowest BCUT2D eigenvalue weighted by molar-refractivity contribution is -0.136. The minimum absolute atomic E-state index is 0. The molecule has 0 radical (unpaired) electrons. The van der Waals surface area contributed by atoms with Gasteiger partial charge in [-0.3, -0.25) is 4.79 Å². The van der Waals surface area contributed by atoms with Gasteiger partial charge in [0.2, 0.25) is 0 Å². The quantitative estimate of drug-likeness (QED) is 0.886. The fourth-order valence-corrected chi connectivity index (χ4v) is 3.27. The normalized spacial score (nSPS) is 18.7. The maximum Gasteiger partial charge on any atom is 0.260 e. The topological polar surface area (TPSA) is 55.6 Å². The third-order valence-electron chi connectivity index (χ3n) is 4.99. The first-order chi connectivity index (χ1) is 12.0. The average Bonchev–Trinajstić information content (AvgIpc) is 2.63. The lowest BCUT2D eigenvalue weighted by atomic mass is 9.80. The van der Waals surface area contributed by atoms with Crippen LogP contribution in [-0.2, 0) is 4.79 Å². The van der Waals surface area contributed by atoms with Crippen LogP contribution in [0.4, 0.5) is 0 Å². The maximum absolute atomic E-state index is 12.6. The summed E-state index contributed by atoms with van der Waals surface area (Å²) in [7, 11) is 0. The molecule has 1 heterocycles. The first kappa shape index (κ1) is 20.3. The Balaban J connectivity index is 0.00000243. The zero-order chi connectivity index (χ0) is 17.9. The number of rotatable bonds is 4. The summed E-state index contributed by atoms with van der Waals surface area (Å²) in [5, 5.41) is 0. The predicted octanol–water partition coefficient (Wildman–Crippen LogP) is 3.74.